The van der Waals surface area contributed by atoms with Crippen LogP contribution in [0.1, 0.15) is 41.3 Å². The number of aryl methyl sites for hydroxylation is 1. The smallest absolute Gasteiger partial charge is 0.203 e. The van der Waals surface area contributed by atoms with Gasteiger partial charge in [-0.15, -0.1) is 0 Å². The Hall–Kier alpha value is -2.09. The quantitative estimate of drug-likeness (QED) is 0.767. The van der Waals surface area contributed by atoms with Gasteiger partial charge in [0.05, 0.1) is 0 Å². The van der Waals surface area contributed by atoms with Gasteiger partial charge in [0, 0.05) is 12.0 Å². The maximum absolute atomic E-state index is 12.5. The van der Waals surface area contributed by atoms with Crippen molar-refractivity contribution in [2.45, 2.75) is 38.7 Å². The molecule has 2 aromatic carbocycles. The number of para-hydroxylation sites is 1. The van der Waals surface area contributed by atoms with Crippen molar-refractivity contribution in [2.75, 3.05) is 0 Å². The normalized spacial score (nSPS) is 16.3. The zero-order valence-corrected chi connectivity index (χ0v) is 12.3. The van der Waals surface area contributed by atoms with Crippen molar-refractivity contribution in [1.29, 1.82) is 0 Å². The third-order valence-corrected chi connectivity index (χ3v) is 4.00. The van der Waals surface area contributed by atoms with E-state index in [-0.39, 0.29) is 11.9 Å². The second-order valence-electron chi connectivity index (χ2n) is 5.58. The minimum Gasteiger partial charge on any atom is -0.482 e. The second kappa shape index (κ2) is 6.13. The summed E-state index contributed by atoms with van der Waals surface area (Å²) < 4.78 is 5.77. The van der Waals surface area contributed by atoms with Crippen molar-refractivity contribution < 1.29 is 9.53 Å². The van der Waals surface area contributed by atoms with Crippen LogP contribution in [0.5, 0.6) is 5.75 Å². The van der Waals surface area contributed by atoms with Crippen molar-refractivity contribution in [3.05, 3.63) is 65.2 Å². The first-order valence-corrected chi connectivity index (χ1v) is 7.65. The van der Waals surface area contributed by atoms with Gasteiger partial charge in [0.15, 0.2) is 6.10 Å². The molecule has 0 bridgehead atoms. The molecule has 108 valence electrons. The molecule has 0 fully saturated rings. The van der Waals surface area contributed by atoms with Gasteiger partial charge < -0.3 is 4.74 Å². The molecule has 1 atom stereocenters. The maximum Gasteiger partial charge on any atom is 0.203 e. The second-order valence-corrected chi connectivity index (χ2v) is 5.58. The molecule has 1 unspecified atom stereocenters. The van der Waals surface area contributed by atoms with Crippen LogP contribution in [0, 0.1) is 0 Å². The summed E-state index contributed by atoms with van der Waals surface area (Å²) in [5.41, 5.74) is 3.16. The van der Waals surface area contributed by atoms with Gasteiger partial charge in [0.25, 0.3) is 0 Å². The van der Waals surface area contributed by atoms with E-state index in [0.717, 1.165) is 23.3 Å². The summed E-state index contributed by atoms with van der Waals surface area (Å²) in [5.74, 6) is 0.920. The number of hydrogen-bond acceptors (Lipinski definition) is 2. The van der Waals surface area contributed by atoms with E-state index >= 15 is 0 Å². The zero-order chi connectivity index (χ0) is 14.7. The molecule has 2 heteroatoms. The SMILES string of the molecule is CCCCc1ccc(C(=O)C2Cc3ccccc3O2)cc1. The highest BCUT2D eigenvalue weighted by Crippen LogP contribution is 2.29. The van der Waals surface area contributed by atoms with Crippen LogP contribution < -0.4 is 4.74 Å². The molecule has 0 aliphatic carbocycles. The Kier molecular flexibility index (Phi) is 4.05. The van der Waals surface area contributed by atoms with Gasteiger partial charge in [0.1, 0.15) is 5.75 Å². The first-order chi connectivity index (χ1) is 10.3. The van der Waals surface area contributed by atoms with Gasteiger partial charge >= 0.3 is 0 Å². The van der Waals surface area contributed by atoms with E-state index in [9.17, 15) is 4.79 Å². The molecule has 3 rings (SSSR count). The first-order valence-electron chi connectivity index (χ1n) is 7.65. The van der Waals surface area contributed by atoms with Crippen LogP contribution in [0.15, 0.2) is 48.5 Å². The number of carbonyl (C=O) groups is 1. The molecule has 21 heavy (non-hydrogen) atoms. The monoisotopic (exact) mass is 280 g/mol. The van der Waals surface area contributed by atoms with Crippen LogP contribution >= 0.6 is 0 Å². The summed E-state index contributed by atoms with van der Waals surface area (Å²) in [6.07, 6.45) is 3.76. The Morgan fingerprint density at radius 3 is 2.62 bits per heavy atom. The predicted molar refractivity (Wildman–Crippen MR) is 83.9 cm³/mol. The van der Waals surface area contributed by atoms with E-state index in [1.807, 2.05) is 36.4 Å². The average molecular weight is 280 g/mol. The minimum absolute atomic E-state index is 0.0771. The number of fused-ring (bicyclic) bond motifs is 1. The van der Waals surface area contributed by atoms with Crippen LogP contribution in [-0.2, 0) is 12.8 Å². The molecule has 1 aliphatic heterocycles. The topological polar surface area (TPSA) is 26.3 Å². The van der Waals surface area contributed by atoms with E-state index in [4.69, 9.17) is 4.74 Å². The lowest BCUT2D eigenvalue weighted by Gasteiger charge is -2.10. The summed E-state index contributed by atoms with van der Waals surface area (Å²) in [5, 5.41) is 0. The van der Waals surface area contributed by atoms with E-state index in [0.29, 0.717) is 6.42 Å². The molecule has 0 aromatic heterocycles. The van der Waals surface area contributed by atoms with Crippen LogP contribution in [0.3, 0.4) is 0 Å². The van der Waals surface area contributed by atoms with E-state index in [1.54, 1.807) is 0 Å². The highest BCUT2D eigenvalue weighted by Gasteiger charge is 2.29. The highest BCUT2D eigenvalue weighted by atomic mass is 16.5. The van der Waals surface area contributed by atoms with Gasteiger partial charge in [-0.25, -0.2) is 0 Å². The van der Waals surface area contributed by atoms with Gasteiger partial charge in [0.2, 0.25) is 5.78 Å². The lowest BCUT2D eigenvalue weighted by atomic mass is 9.99. The fraction of sp³-hybridized carbons (Fsp3) is 0.316. The fourth-order valence-electron chi connectivity index (χ4n) is 2.73. The number of carbonyl (C=O) groups excluding carboxylic acids is 1. The molecule has 0 radical (unpaired) electrons. The zero-order valence-electron chi connectivity index (χ0n) is 12.3. The number of hydrogen-bond donors (Lipinski definition) is 0. The summed E-state index contributed by atoms with van der Waals surface area (Å²) in [6, 6.07) is 15.9. The van der Waals surface area contributed by atoms with Gasteiger partial charge in [-0.1, -0.05) is 55.8 Å². The molecular formula is C19H20O2. The number of ketones is 1. The van der Waals surface area contributed by atoms with Crippen LogP contribution in [-0.4, -0.2) is 11.9 Å². The van der Waals surface area contributed by atoms with Crippen molar-refractivity contribution in [2.24, 2.45) is 0 Å². The molecule has 2 aromatic rings. The third kappa shape index (κ3) is 2.99. The van der Waals surface area contributed by atoms with Gasteiger partial charge in [-0.05, 0) is 30.0 Å². The summed E-state index contributed by atoms with van der Waals surface area (Å²) in [6.45, 7) is 2.19. The molecule has 1 aliphatic rings. The summed E-state index contributed by atoms with van der Waals surface area (Å²) >= 11 is 0. The van der Waals surface area contributed by atoms with E-state index in [1.165, 1.54) is 18.4 Å². The van der Waals surface area contributed by atoms with Crippen LogP contribution in [0.25, 0.3) is 0 Å². The minimum atomic E-state index is -0.371. The van der Waals surface area contributed by atoms with Gasteiger partial charge in [-0.3, -0.25) is 4.79 Å². The van der Waals surface area contributed by atoms with E-state index < -0.39 is 0 Å². The molecular weight excluding hydrogens is 260 g/mol. The Balaban J connectivity index is 1.69. The Morgan fingerprint density at radius 1 is 1.14 bits per heavy atom. The van der Waals surface area contributed by atoms with Crippen molar-refractivity contribution in [3.63, 3.8) is 0 Å². The molecule has 0 spiro atoms. The standard InChI is InChI=1S/C19H20O2/c1-2-3-6-14-9-11-15(12-10-14)19(20)18-13-16-7-4-5-8-17(16)21-18/h4-5,7-12,18H,2-3,6,13H2,1H3. The summed E-state index contributed by atoms with van der Waals surface area (Å²) in [4.78, 5) is 12.5. The largest absolute Gasteiger partial charge is 0.482 e. The number of ether oxygens (including phenoxy) is 1. The number of benzene rings is 2. The highest BCUT2D eigenvalue weighted by molar-refractivity contribution is 6.00. The maximum atomic E-state index is 12.5. The van der Waals surface area contributed by atoms with Gasteiger partial charge in [-0.2, -0.15) is 0 Å². The third-order valence-electron chi connectivity index (χ3n) is 4.00. The van der Waals surface area contributed by atoms with E-state index in [2.05, 4.69) is 19.1 Å². The predicted octanol–water partition coefficient (Wildman–Crippen LogP) is 4.22. The molecule has 1 heterocycles. The van der Waals surface area contributed by atoms with Crippen molar-refractivity contribution in [3.8, 4) is 5.75 Å². The van der Waals surface area contributed by atoms with Crippen molar-refractivity contribution in [1.82, 2.24) is 0 Å². The summed E-state index contributed by atoms with van der Waals surface area (Å²) in [7, 11) is 0. The van der Waals surface area contributed by atoms with Crippen LogP contribution in [0.4, 0.5) is 0 Å². The number of rotatable bonds is 5. The molecule has 0 saturated heterocycles. The first kappa shape index (κ1) is 13.9. The van der Waals surface area contributed by atoms with Crippen molar-refractivity contribution >= 4 is 5.78 Å². The Bertz CT molecular complexity index is 603. The molecule has 0 saturated carbocycles. The van der Waals surface area contributed by atoms with Crippen LogP contribution in [0.2, 0.25) is 0 Å². The number of unbranched alkanes of at least 4 members (excludes halogenated alkanes) is 1. The average Bonchev–Trinajstić information content (AvgIpc) is 2.96. The molecule has 2 nitrogen and oxygen atoms in total. The molecule has 0 N–H and O–H groups in total. The molecule has 0 amide bonds. The number of Topliss-reactive ketones (excluding diaryl/α,β-unsaturated/α-hetero) is 1. The lowest BCUT2D eigenvalue weighted by Crippen LogP contribution is -2.25. The Morgan fingerprint density at radius 2 is 1.90 bits per heavy atom. The Labute approximate surface area is 125 Å². The lowest BCUT2D eigenvalue weighted by molar-refractivity contribution is 0.0825. The fourth-order valence-corrected chi connectivity index (χ4v) is 2.73.